The molecule has 0 aliphatic carbocycles. The van der Waals surface area contributed by atoms with Crippen LogP contribution in [0.4, 0.5) is 0 Å². The van der Waals surface area contributed by atoms with Gasteiger partial charge < -0.3 is 10.1 Å². The molecule has 0 bridgehead atoms. The fourth-order valence-electron chi connectivity index (χ4n) is 2.79. The Labute approximate surface area is 128 Å². The summed E-state index contributed by atoms with van der Waals surface area (Å²) in [7, 11) is 3.74. The molecule has 2 nitrogen and oxygen atoms in total. The number of hydrogen-bond acceptors (Lipinski definition) is 2. The van der Waals surface area contributed by atoms with E-state index in [2.05, 4.69) is 49.5 Å². The Morgan fingerprint density at radius 2 is 1.48 bits per heavy atom. The number of likely N-dealkylation sites (N-methyl/N-ethyl adjacent to an activating group) is 1. The van der Waals surface area contributed by atoms with E-state index >= 15 is 0 Å². The Morgan fingerprint density at radius 1 is 0.905 bits per heavy atom. The first-order valence-corrected chi connectivity index (χ1v) is 7.48. The molecule has 1 unspecified atom stereocenters. The lowest BCUT2D eigenvalue weighted by Crippen LogP contribution is -2.29. The summed E-state index contributed by atoms with van der Waals surface area (Å²) in [5, 5.41) is 3.44. The average Bonchev–Trinajstić information content (AvgIpc) is 2.46. The van der Waals surface area contributed by atoms with Gasteiger partial charge in [-0.25, -0.2) is 0 Å². The first kappa shape index (κ1) is 15.6. The van der Waals surface area contributed by atoms with Crippen LogP contribution >= 0.6 is 0 Å². The van der Waals surface area contributed by atoms with Crippen LogP contribution in [-0.2, 0) is 12.8 Å². The van der Waals surface area contributed by atoms with Gasteiger partial charge >= 0.3 is 0 Å². The highest BCUT2D eigenvalue weighted by atomic mass is 16.5. The molecule has 112 valence electrons. The number of aryl methyl sites for hydroxylation is 2. The Hall–Kier alpha value is -1.80. The first-order valence-electron chi connectivity index (χ1n) is 7.48. The summed E-state index contributed by atoms with van der Waals surface area (Å²) in [4.78, 5) is 0. The normalized spacial score (nSPS) is 12.2. The summed E-state index contributed by atoms with van der Waals surface area (Å²) in [6, 6.07) is 15.6. The minimum Gasteiger partial charge on any atom is -0.497 e. The highest BCUT2D eigenvalue weighted by molar-refractivity contribution is 5.30. The van der Waals surface area contributed by atoms with Crippen LogP contribution in [0, 0.1) is 13.8 Å². The number of rotatable bonds is 6. The largest absolute Gasteiger partial charge is 0.497 e. The average molecular weight is 283 g/mol. The third kappa shape index (κ3) is 4.61. The van der Waals surface area contributed by atoms with Crippen molar-refractivity contribution in [3.8, 4) is 5.75 Å². The van der Waals surface area contributed by atoms with E-state index in [1.165, 1.54) is 22.3 Å². The van der Waals surface area contributed by atoms with Crippen LogP contribution in [0.15, 0.2) is 42.5 Å². The number of hydrogen-bond donors (Lipinski definition) is 1. The van der Waals surface area contributed by atoms with Gasteiger partial charge in [-0.1, -0.05) is 41.5 Å². The van der Waals surface area contributed by atoms with Crippen LogP contribution in [0.25, 0.3) is 0 Å². The summed E-state index contributed by atoms with van der Waals surface area (Å²) in [5.74, 6) is 0.911. The molecule has 21 heavy (non-hydrogen) atoms. The Kier molecular flexibility index (Phi) is 5.40. The van der Waals surface area contributed by atoms with E-state index in [1.54, 1.807) is 7.11 Å². The number of ether oxygens (including phenoxy) is 1. The predicted molar refractivity (Wildman–Crippen MR) is 89.2 cm³/mol. The van der Waals surface area contributed by atoms with E-state index in [-0.39, 0.29) is 0 Å². The third-order valence-electron chi connectivity index (χ3n) is 3.81. The van der Waals surface area contributed by atoms with Gasteiger partial charge in [0.15, 0.2) is 0 Å². The molecule has 0 heterocycles. The number of methoxy groups -OCH3 is 1. The molecular formula is C19H25NO. The summed E-state index contributed by atoms with van der Waals surface area (Å²) < 4.78 is 5.21. The quantitative estimate of drug-likeness (QED) is 0.873. The van der Waals surface area contributed by atoms with Crippen LogP contribution in [0.2, 0.25) is 0 Å². The van der Waals surface area contributed by atoms with E-state index in [9.17, 15) is 0 Å². The van der Waals surface area contributed by atoms with Crippen molar-refractivity contribution in [2.24, 2.45) is 0 Å². The van der Waals surface area contributed by atoms with Gasteiger partial charge in [-0.2, -0.15) is 0 Å². The van der Waals surface area contributed by atoms with Crippen molar-refractivity contribution < 1.29 is 4.74 Å². The standard InChI is InChI=1S/C19H25NO/c1-14-9-15(2)11-17(10-14)13-18(20-3)12-16-5-7-19(21-4)8-6-16/h5-11,18,20H,12-13H2,1-4H3. The first-order chi connectivity index (χ1) is 10.1. The monoisotopic (exact) mass is 283 g/mol. The molecule has 0 radical (unpaired) electrons. The fraction of sp³-hybridized carbons (Fsp3) is 0.368. The molecule has 0 aliphatic rings. The van der Waals surface area contributed by atoms with E-state index < -0.39 is 0 Å². The molecule has 2 aromatic rings. The maximum absolute atomic E-state index is 5.21. The zero-order valence-corrected chi connectivity index (χ0v) is 13.4. The van der Waals surface area contributed by atoms with Gasteiger partial charge in [0.2, 0.25) is 0 Å². The van der Waals surface area contributed by atoms with Gasteiger partial charge in [0.1, 0.15) is 5.75 Å². The van der Waals surface area contributed by atoms with Crippen molar-refractivity contribution in [1.82, 2.24) is 5.32 Å². The molecule has 2 aromatic carbocycles. The molecule has 0 spiro atoms. The van der Waals surface area contributed by atoms with Gasteiger partial charge in [-0.05, 0) is 57.0 Å². The molecule has 0 saturated carbocycles. The number of benzene rings is 2. The maximum Gasteiger partial charge on any atom is 0.118 e. The molecule has 2 heteroatoms. The summed E-state index contributed by atoms with van der Waals surface area (Å²) in [6.07, 6.45) is 2.07. The Balaban J connectivity index is 2.05. The highest BCUT2D eigenvalue weighted by Crippen LogP contribution is 2.16. The molecule has 0 aliphatic heterocycles. The van der Waals surface area contributed by atoms with Crippen LogP contribution in [0.1, 0.15) is 22.3 Å². The lowest BCUT2D eigenvalue weighted by atomic mass is 9.97. The Morgan fingerprint density at radius 3 is 2.00 bits per heavy atom. The van der Waals surface area contributed by atoms with Gasteiger partial charge in [-0.3, -0.25) is 0 Å². The third-order valence-corrected chi connectivity index (χ3v) is 3.81. The minimum atomic E-state index is 0.444. The van der Waals surface area contributed by atoms with Gasteiger partial charge in [-0.15, -0.1) is 0 Å². The van der Waals surface area contributed by atoms with Crippen LogP contribution in [-0.4, -0.2) is 20.2 Å². The SMILES string of the molecule is CNC(Cc1ccc(OC)cc1)Cc1cc(C)cc(C)c1. The molecule has 0 fully saturated rings. The number of nitrogens with one attached hydrogen (secondary N) is 1. The summed E-state index contributed by atoms with van der Waals surface area (Å²) in [6.45, 7) is 4.32. The van der Waals surface area contributed by atoms with Gasteiger partial charge in [0.25, 0.3) is 0 Å². The van der Waals surface area contributed by atoms with Crippen molar-refractivity contribution in [2.75, 3.05) is 14.2 Å². The van der Waals surface area contributed by atoms with Crippen molar-refractivity contribution in [3.63, 3.8) is 0 Å². The van der Waals surface area contributed by atoms with Gasteiger partial charge in [0.05, 0.1) is 7.11 Å². The molecule has 0 amide bonds. The molecule has 0 aromatic heterocycles. The topological polar surface area (TPSA) is 21.3 Å². The molecule has 0 saturated heterocycles. The molecule has 2 rings (SSSR count). The highest BCUT2D eigenvalue weighted by Gasteiger charge is 2.09. The van der Waals surface area contributed by atoms with Crippen molar-refractivity contribution in [1.29, 1.82) is 0 Å². The second kappa shape index (κ2) is 7.28. The van der Waals surface area contributed by atoms with Crippen LogP contribution in [0.5, 0.6) is 5.75 Å². The zero-order valence-electron chi connectivity index (χ0n) is 13.4. The van der Waals surface area contributed by atoms with Crippen molar-refractivity contribution >= 4 is 0 Å². The summed E-state index contributed by atoms with van der Waals surface area (Å²) in [5.41, 5.74) is 5.41. The molecule has 1 N–H and O–H groups in total. The van der Waals surface area contributed by atoms with E-state index in [0.717, 1.165) is 18.6 Å². The zero-order chi connectivity index (χ0) is 15.2. The van der Waals surface area contributed by atoms with E-state index in [4.69, 9.17) is 4.74 Å². The minimum absolute atomic E-state index is 0.444. The predicted octanol–water partition coefficient (Wildman–Crippen LogP) is 3.69. The lowest BCUT2D eigenvalue weighted by molar-refractivity contribution is 0.414. The second-order valence-corrected chi connectivity index (χ2v) is 5.74. The van der Waals surface area contributed by atoms with Crippen molar-refractivity contribution in [2.45, 2.75) is 32.7 Å². The fourth-order valence-corrected chi connectivity index (χ4v) is 2.79. The molecular weight excluding hydrogens is 258 g/mol. The molecule has 1 atom stereocenters. The van der Waals surface area contributed by atoms with E-state index in [0.29, 0.717) is 6.04 Å². The summed E-state index contributed by atoms with van der Waals surface area (Å²) >= 11 is 0. The van der Waals surface area contributed by atoms with E-state index in [1.807, 2.05) is 19.2 Å². The smallest absolute Gasteiger partial charge is 0.118 e. The lowest BCUT2D eigenvalue weighted by Gasteiger charge is -2.17. The Bertz CT molecular complexity index is 554. The van der Waals surface area contributed by atoms with Crippen molar-refractivity contribution in [3.05, 3.63) is 64.7 Å². The second-order valence-electron chi connectivity index (χ2n) is 5.74. The van der Waals surface area contributed by atoms with Crippen LogP contribution < -0.4 is 10.1 Å². The maximum atomic E-state index is 5.21. The van der Waals surface area contributed by atoms with Crippen LogP contribution in [0.3, 0.4) is 0 Å². The van der Waals surface area contributed by atoms with Gasteiger partial charge in [0, 0.05) is 6.04 Å².